The summed E-state index contributed by atoms with van der Waals surface area (Å²) >= 11 is 0. The quantitative estimate of drug-likeness (QED) is 0.435. The van der Waals surface area contributed by atoms with Gasteiger partial charge in [-0.25, -0.2) is 14.4 Å². The average Bonchev–Trinajstić information content (AvgIpc) is 3.29. The molecule has 1 saturated carbocycles. The van der Waals surface area contributed by atoms with Crippen molar-refractivity contribution in [2.24, 2.45) is 5.92 Å². The Bertz CT molecular complexity index is 1520. The Morgan fingerprint density at radius 2 is 1.84 bits per heavy atom. The topological polar surface area (TPSA) is 96.2 Å². The van der Waals surface area contributed by atoms with Gasteiger partial charge in [0.15, 0.2) is 11.5 Å². The second kappa shape index (κ2) is 9.49. The molecule has 2 fully saturated rings. The number of nitrogens with one attached hydrogen (secondary N) is 1. The third kappa shape index (κ3) is 4.20. The molecule has 0 bridgehead atoms. The van der Waals surface area contributed by atoms with Crippen LogP contribution >= 0.6 is 0 Å². The summed E-state index contributed by atoms with van der Waals surface area (Å²) in [5.41, 5.74) is 1.52. The van der Waals surface area contributed by atoms with Gasteiger partial charge in [0, 0.05) is 43.0 Å². The largest absolute Gasteiger partial charge is 0.339 e. The van der Waals surface area contributed by atoms with Crippen LogP contribution in [0.3, 0.4) is 0 Å². The molecule has 0 spiro atoms. The molecule has 1 aliphatic heterocycles. The number of alkyl halides is 1. The summed E-state index contributed by atoms with van der Waals surface area (Å²) in [5.74, 6) is -0.502. The number of carbonyl (C=O) groups is 1. The number of carbonyl (C=O) groups excluding carboxylic acids is 1. The zero-order chi connectivity index (χ0) is 25.5. The summed E-state index contributed by atoms with van der Waals surface area (Å²) in [5, 5.41) is 4.36. The van der Waals surface area contributed by atoms with Crippen molar-refractivity contribution in [1.82, 2.24) is 29.5 Å². The highest BCUT2D eigenvalue weighted by Gasteiger charge is 2.35. The molecule has 37 heavy (non-hydrogen) atoms. The lowest BCUT2D eigenvalue weighted by atomic mass is 9.83. The molecule has 4 heterocycles. The van der Waals surface area contributed by atoms with Crippen LogP contribution in [0.15, 0.2) is 47.5 Å². The summed E-state index contributed by atoms with van der Waals surface area (Å²) in [6.45, 7) is 0.0512. The molecule has 6 rings (SSSR count). The minimum Gasteiger partial charge on any atom is -0.339 e. The Kier molecular flexibility index (Phi) is 6.02. The van der Waals surface area contributed by atoms with E-state index in [1.54, 1.807) is 18.2 Å². The fraction of sp³-hybridized carbons (Fsp3) is 0.370. The Labute approximate surface area is 211 Å². The number of halogens is 2. The van der Waals surface area contributed by atoms with E-state index < -0.39 is 18.1 Å². The molecule has 2 aliphatic rings. The lowest BCUT2D eigenvalue weighted by Crippen LogP contribution is -2.50. The lowest BCUT2D eigenvalue weighted by molar-refractivity contribution is 0.0455. The molecular weight excluding hydrogens is 478 g/mol. The Balaban J connectivity index is 1.46. The maximum Gasteiger partial charge on any atom is 0.274 e. The number of rotatable bonds is 5. The molecular formula is C27H26F2N6O2. The molecule has 190 valence electrons. The first kappa shape index (κ1) is 23.4. The van der Waals surface area contributed by atoms with Crippen LogP contribution in [0.5, 0.6) is 0 Å². The van der Waals surface area contributed by atoms with Gasteiger partial charge in [-0.3, -0.25) is 14.0 Å². The first-order valence-corrected chi connectivity index (χ1v) is 12.6. The summed E-state index contributed by atoms with van der Waals surface area (Å²) in [7, 11) is 0. The maximum atomic E-state index is 15.2. The molecule has 1 aromatic carbocycles. The molecule has 1 saturated heterocycles. The van der Waals surface area contributed by atoms with E-state index in [0.717, 1.165) is 30.2 Å². The molecule has 1 aliphatic carbocycles. The second-order valence-corrected chi connectivity index (χ2v) is 9.88. The van der Waals surface area contributed by atoms with Gasteiger partial charge < -0.3 is 9.88 Å². The van der Waals surface area contributed by atoms with E-state index in [-0.39, 0.29) is 53.5 Å². The molecule has 1 N–H and O–H groups in total. The van der Waals surface area contributed by atoms with Crippen LogP contribution in [-0.4, -0.2) is 55.1 Å². The van der Waals surface area contributed by atoms with Crippen molar-refractivity contribution in [2.45, 2.75) is 38.0 Å². The van der Waals surface area contributed by atoms with Gasteiger partial charge >= 0.3 is 0 Å². The number of amides is 1. The summed E-state index contributed by atoms with van der Waals surface area (Å²) in [4.78, 5) is 39.7. The average molecular weight is 505 g/mol. The number of hydrogen-bond donors (Lipinski definition) is 1. The maximum absolute atomic E-state index is 15.2. The molecule has 3 aromatic heterocycles. The van der Waals surface area contributed by atoms with Gasteiger partial charge in [-0.15, -0.1) is 0 Å². The van der Waals surface area contributed by atoms with E-state index in [1.165, 1.54) is 35.8 Å². The van der Waals surface area contributed by atoms with E-state index in [0.29, 0.717) is 16.8 Å². The molecule has 4 aromatic rings. The number of H-pyrrole nitrogens is 1. The van der Waals surface area contributed by atoms with E-state index in [2.05, 4.69) is 20.1 Å². The van der Waals surface area contributed by atoms with Crippen molar-refractivity contribution in [3.8, 4) is 22.8 Å². The molecule has 1 amide bonds. The van der Waals surface area contributed by atoms with E-state index in [9.17, 15) is 14.0 Å². The number of likely N-dealkylation sites (tertiary alicyclic amines) is 1. The highest BCUT2D eigenvalue weighted by Crippen LogP contribution is 2.35. The van der Waals surface area contributed by atoms with Crippen LogP contribution < -0.4 is 5.56 Å². The fourth-order valence-electron chi connectivity index (χ4n) is 5.41. The monoisotopic (exact) mass is 504 g/mol. The SMILES string of the molecule is O=C(c1c(-c2ncccn2)nn2c(=O)cc(-c3ccc(C4CCCCC4)c(F)c3)[nH]c12)N1CC(CF)C1. The van der Waals surface area contributed by atoms with Crippen molar-refractivity contribution < 1.29 is 13.6 Å². The number of benzene rings is 1. The Hall–Kier alpha value is -3.95. The number of aromatic nitrogens is 5. The molecule has 0 unspecified atom stereocenters. The third-order valence-electron chi connectivity index (χ3n) is 7.43. The van der Waals surface area contributed by atoms with Crippen molar-refractivity contribution in [1.29, 1.82) is 0 Å². The number of nitrogens with zero attached hydrogens (tertiary/aromatic N) is 5. The zero-order valence-electron chi connectivity index (χ0n) is 20.2. The third-order valence-corrected chi connectivity index (χ3v) is 7.43. The van der Waals surface area contributed by atoms with Crippen LogP contribution in [0.4, 0.5) is 8.78 Å². The van der Waals surface area contributed by atoms with Gasteiger partial charge in [0.2, 0.25) is 0 Å². The molecule has 8 nitrogen and oxygen atoms in total. The predicted octanol–water partition coefficient (Wildman–Crippen LogP) is 4.37. The fourth-order valence-corrected chi connectivity index (χ4v) is 5.41. The smallest absolute Gasteiger partial charge is 0.274 e. The number of fused-ring (bicyclic) bond motifs is 1. The molecule has 0 atom stereocenters. The summed E-state index contributed by atoms with van der Waals surface area (Å²) in [6.07, 6.45) is 8.38. The number of hydrogen-bond acceptors (Lipinski definition) is 5. The first-order chi connectivity index (χ1) is 18.0. The van der Waals surface area contributed by atoms with Crippen molar-refractivity contribution in [2.75, 3.05) is 19.8 Å². The second-order valence-electron chi connectivity index (χ2n) is 9.88. The summed E-state index contributed by atoms with van der Waals surface area (Å²) in [6, 6.07) is 8.01. The first-order valence-electron chi connectivity index (χ1n) is 12.6. The van der Waals surface area contributed by atoms with Gasteiger partial charge in [0.05, 0.1) is 12.4 Å². The highest BCUT2D eigenvalue weighted by molar-refractivity contribution is 6.05. The standard InChI is InChI=1S/C27H26F2N6O2/c28-13-16-14-34(15-16)27(37)23-24(25-30-9-4-10-31-25)33-35-22(36)12-21(32-26(23)35)18-7-8-19(20(29)11-18)17-5-2-1-3-6-17/h4,7-12,16-17,32H,1-3,5-6,13-15H2. The van der Waals surface area contributed by atoms with Gasteiger partial charge in [-0.05, 0) is 36.5 Å². The zero-order valence-corrected chi connectivity index (χ0v) is 20.2. The van der Waals surface area contributed by atoms with E-state index in [1.807, 2.05) is 0 Å². The van der Waals surface area contributed by atoms with Gasteiger partial charge in [0.25, 0.3) is 11.5 Å². The van der Waals surface area contributed by atoms with Crippen LogP contribution in [0, 0.1) is 11.7 Å². The van der Waals surface area contributed by atoms with Crippen molar-refractivity contribution in [3.05, 3.63) is 70.0 Å². The van der Waals surface area contributed by atoms with Crippen LogP contribution in [0.25, 0.3) is 28.4 Å². The van der Waals surface area contributed by atoms with Gasteiger partial charge in [-0.1, -0.05) is 31.4 Å². The predicted molar refractivity (Wildman–Crippen MR) is 133 cm³/mol. The van der Waals surface area contributed by atoms with Gasteiger partial charge in [0.1, 0.15) is 17.1 Å². The van der Waals surface area contributed by atoms with Crippen LogP contribution in [0.1, 0.15) is 53.9 Å². The van der Waals surface area contributed by atoms with Crippen LogP contribution in [0.2, 0.25) is 0 Å². The Morgan fingerprint density at radius 3 is 2.54 bits per heavy atom. The minimum atomic E-state index is -0.503. The van der Waals surface area contributed by atoms with Crippen molar-refractivity contribution >= 4 is 11.6 Å². The summed E-state index contributed by atoms with van der Waals surface area (Å²) < 4.78 is 29.3. The molecule has 0 radical (unpaired) electrons. The molecule has 10 heteroatoms. The van der Waals surface area contributed by atoms with Crippen LogP contribution in [-0.2, 0) is 0 Å². The van der Waals surface area contributed by atoms with Crippen molar-refractivity contribution in [3.63, 3.8) is 0 Å². The minimum absolute atomic E-state index is 0.127. The normalized spacial score (nSPS) is 16.8. The lowest BCUT2D eigenvalue weighted by Gasteiger charge is -2.37. The van der Waals surface area contributed by atoms with Gasteiger partial charge in [-0.2, -0.15) is 9.61 Å². The van der Waals surface area contributed by atoms with E-state index in [4.69, 9.17) is 0 Å². The highest BCUT2D eigenvalue weighted by atomic mass is 19.1. The Morgan fingerprint density at radius 1 is 1.08 bits per heavy atom. The van der Waals surface area contributed by atoms with E-state index >= 15 is 4.39 Å². The number of aromatic amines is 1.